The van der Waals surface area contributed by atoms with Gasteiger partial charge in [0.05, 0.1) is 10.5 Å². The molecule has 6 nitrogen and oxygen atoms in total. The van der Waals surface area contributed by atoms with Crippen LogP contribution in [0.3, 0.4) is 0 Å². The third-order valence-corrected chi connectivity index (χ3v) is 3.07. The van der Waals surface area contributed by atoms with Crippen LogP contribution in [0.15, 0.2) is 18.2 Å². The van der Waals surface area contributed by atoms with Crippen molar-refractivity contribution in [3.05, 3.63) is 33.9 Å². The van der Waals surface area contributed by atoms with Gasteiger partial charge in [0.25, 0.3) is 5.69 Å². The number of rotatable bonds is 5. The fourth-order valence-electron chi connectivity index (χ4n) is 2.04. The lowest BCUT2D eigenvalue weighted by molar-refractivity contribution is -0.384. The zero-order valence-electron chi connectivity index (χ0n) is 10.6. The predicted octanol–water partition coefficient (Wildman–Crippen LogP) is 2.82. The Kier molecular flexibility index (Phi) is 3.75. The van der Waals surface area contributed by atoms with Crippen molar-refractivity contribution in [2.75, 3.05) is 11.4 Å². The summed E-state index contributed by atoms with van der Waals surface area (Å²) >= 11 is 0. The molecule has 9 heteroatoms. The molecule has 1 aromatic rings. The van der Waals surface area contributed by atoms with E-state index in [-0.39, 0.29) is 11.3 Å². The van der Waals surface area contributed by atoms with Gasteiger partial charge in [0.15, 0.2) is 0 Å². The SMILES string of the molecule is O=C(O)c1ccc(N(CC(F)(F)F)C2CC2)c([N+](=O)[O-])c1. The molecule has 114 valence electrons. The monoisotopic (exact) mass is 304 g/mol. The summed E-state index contributed by atoms with van der Waals surface area (Å²) in [5.74, 6) is -1.38. The van der Waals surface area contributed by atoms with Gasteiger partial charge in [0.2, 0.25) is 0 Å². The topological polar surface area (TPSA) is 83.7 Å². The van der Waals surface area contributed by atoms with Gasteiger partial charge in [-0.2, -0.15) is 13.2 Å². The molecule has 0 bridgehead atoms. The lowest BCUT2D eigenvalue weighted by Gasteiger charge is -2.25. The number of nitrogens with zero attached hydrogens (tertiary/aromatic N) is 2. The summed E-state index contributed by atoms with van der Waals surface area (Å²) in [4.78, 5) is 21.9. The summed E-state index contributed by atoms with van der Waals surface area (Å²) in [6.45, 7) is -1.30. The van der Waals surface area contributed by atoms with E-state index in [1.807, 2.05) is 0 Å². The molecular weight excluding hydrogens is 293 g/mol. The second kappa shape index (κ2) is 5.23. The normalized spacial score (nSPS) is 14.8. The van der Waals surface area contributed by atoms with Crippen molar-refractivity contribution in [1.82, 2.24) is 0 Å². The van der Waals surface area contributed by atoms with Gasteiger partial charge in [-0.05, 0) is 25.0 Å². The van der Waals surface area contributed by atoms with Gasteiger partial charge < -0.3 is 10.0 Å². The van der Waals surface area contributed by atoms with Crippen molar-refractivity contribution in [1.29, 1.82) is 0 Å². The highest BCUT2D eigenvalue weighted by atomic mass is 19.4. The molecule has 0 radical (unpaired) electrons. The molecule has 0 amide bonds. The van der Waals surface area contributed by atoms with E-state index in [1.54, 1.807) is 0 Å². The third-order valence-electron chi connectivity index (χ3n) is 3.07. The summed E-state index contributed by atoms with van der Waals surface area (Å²) < 4.78 is 37.8. The van der Waals surface area contributed by atoms with Gasteiger partial charge >= 0.3 is 12.1 Å². The molecule has 0 aliphatic heterocycles. The minimum atomic E-state index is -4.50. The molecular formula is C12H11F3N2O4. The summed E-state index contributed by atoms with van der Waals surface area (Å²) in [7, 11) is 0. The van der Waals surface area contributed by atoms with Gasteiger partial charge in [-0.15, -0.1) is 0 Å². The molecule has 0 saturated heterocycles. The number of carboxylic acids is 1. The quantitative estimate of drug-likeness (QED) is 0.668. The van der Waals surface area contributed by atoms with Crippen LogP contribution in [0.4, 0.5) is 24.5 Å². The first-order chi connectivity index (χ1) is 9.69. The van der Waals surface area contributed by atoms with E-state index in [2.05, 4.69) is 0 Å². The molecule has 1 aliphatic carbocycles. The fourth-order valence-corrected chi connectivity index (χ4v) is 2.04. The number of nitro groups is 1. The van der Waals surface area contributed by atoms with Crippen LogP contribution >= 0.6 is 0 Å². The highest BCUT2D eigenvalue weighted by molar-refractivity contribution is 5.90. The van der Waals surface area contributed by atoms with Crippen molar-refractivity contribution in [3.63, 3.8) is 0 Å². The Hall–Kier alpha value is -2.32. The minimum Gasteiger partial charge on any atom is -0.478 e. The van der Waals surface area contributed by atoms with Crippen molar-refractivity contribution >= 4 is 17.3 Å². The molecule has 1 aromatic carbocycles. The first kappa shape index (κ1) is 15.1. The number of alkyl halides is 3. The Labute approximate surface area is 116 Å². The van der Waals surface area contributed by atoms with E-state index in [4.69, 9.17) is 5.11 Å². The van der Waals surface area contributed by atoms with E-state index in [1.165, 1.54) is 0 Å². The Balaban J connectivity index is 2.44. The van der Waals surface area contributed by atoms with Crippen molar-refractivity contribution < 1.29 is 28.0 Å². The first-order valence-electron chi connectivity index (χ1n) is 6.04. The molecule has 1 N–H and O–H groups in total. The highest BCUT2D eigenvalue weighted by Crippen LogP contribution is 2.39. The summed E-state index contributed by atoms with van der Waals surface area (Å²) in [5, 5.41) is 19.8. The molecule has 0 atom stereocenters. The van der Waals surface area contributed by atoms with Crippen LogP contribution in [0.2, 0.25) is 0 Å². The molecule has 0 aromatic heterocycles. The molecule has 1 aliphatic rings. The molecule has 1 saturated carbocycles. The Bertz CT molecular complexity index is 584. The van der Waals surface area contributed by atoms with Gasteiger partial charge in [-0.25, -0.2) is 4.79 Å². The summed E-state index contributed by atoms with van der Waals surface area (Å²) in [5.41, 5.74) is -1.18. The average Bonchev–Trinajstić information content (AvgIpc) is 3.18. The van der Waals surface area contributed by atoms with E-state index in [0.29, 0.717) is 12.8 Å². The Morgan fingerprint density at radius 3 is 2.48 bits per heavy atom. The lowest BCUT2D eigenvalue weighted by atomic mass is 10.1. The van der Waals surface area contributed by atoms with Crippen LogP contribution < -0.4 is 4.90 Å². The molecule has 1 fully saturated rings. The third kappa shape index (κ3) is 3.61. The van der Waals surface area contributed by atoms with Crippen LogP contribution in [0.25, 0.3) is 0 Å². The number of aromatic carboxylic acids is 1. The minimum absolute atomic E-state index is 0.204. The van der Waals surface area contributed by atoms with Crippen LogP contribution in [0.1, 0.15) is 23.2 Å². The van der Waals surface area contributed by atoms with Crippen LogP contribution in [-0.4, -0.2) is 34.8 Å². The number of nitro benzene ring substituents is 1. The molecule has 2 rings (SSSR count). The van der Waals surface area contributed by atoms with E-state index < -0.39 is 35.3 Å². The standard InChI is InChI=1S/C12H11F3N2O4/c13-12(14,15)6-16(8-2-3-8)9-4-1-7(11(18)19)5-10(9)17(20)21/h1,4-5,8H,2-3,6H2,(H,18,19). The summed E-state index contributed by atoms with van der Waals surface area (Å²) in [6.07, 6.45) is -3.45. The van der Waals surface area contributed by atoms with Gasteiger partial charge in [0.1, 0.15) is 12.2 Å². The van der Waals surface area contributed by atoms with Crippen molar-refractivity contribution in [2.45, 2.75) is 25.1 Å². The summed E-state index contributed by atoms with van der Waals surface area (Å²) in [6, 6.07) is 2.51. The van der Waals surface area contributed by atoms with Crippen molar-refractivity contribution in [3.8, 4) is 0 Å². The number of halogens is 3. The van der Waals surface area contributed by atoms with Gasteiger partial charge in [-0.3, -0.25) is 10.1 Å². The molecule has 0 spiro atoms. The zero-order chi connectivity index (χ0) is 15.8. The average molecular weight is 304 g/mol. The number of carbonyl (C=O) groups is 1. The Morgan fingerprint density at radius 1 is 1.43 bits per heavy atom. The largest absolute Gasteiger partial charge is 0.478 e. The molecule has 0 unspecified atom stereocenters. The van der Waals surface area contributed by atoms with E-state index >= 15 is 0 Å². The number of hydrogen-bond acceptors (Lipinski definition) is 4. The van der Waals surface area contributed by atoms with Crippen molar-refractivity contribution in [2.24, 2.45) is 0 Å². The first-order valence-corrected chi connectivity index (χ1v) is 6.04. The van der Waals surface area contributed by atoms with E-state index in [0.717, 1.165) is 23.1 Å². The second-order valence-electron chi connectivity index (χ2n) is 4.74. The van der Waals surface area contributed by atoms with Gasteiger partial charge in [0, 0.05) is 12.1 Å². The van der Waals surface area contributed by atoms with Crippen LogP contribution in [0.5, 0.6) is 0 Å². The smallest absolute Gasteiger partial charge is 0.405 e. The maximum absolute atomic E-state index is 12.6. The van der Waals surface area contributed by atoms with Crippen LogP contribution in [0, 0.1) is 10.1 Å². The fraction of sp³-hybridized carbons (Fsp3) is 0.417. The second-order valence-corrected chi connectivity index (χ2v) is 4.74. The zero-order valence-corrected chi connectivity index (χ0v) is 10.6. The molecule has 21 heavy (non-hydrogen) atoms. The van der Waals surface area contributed by atoms with Gasteiger partial charge in [-0.1, -0.05) is 0 Å². The number of benzene rings is 1. The molecule has 0 heterocycles. The van der Waals surface area contributed by atoms with E-state index in [9.17, 15) is 28.1 Å². The Morgan fingerprint density at radius 2 is 2.05 bits per heavy atom. The maximum Gasteiger partial charge on any atom is 0.405 e. The number of hydrogen-bond donors (Lipinski definition) is 1. The number of anilines is 1. The number of carboxylic acid groups (broad SMARTS) is 1. The highest BCUT2D eigenvalue weighted by Gasteiger charge is 2.40. The lowest BCUT2D eigenvalue weighted by Crippen LogP contribution is -2.36. The predicted molar refractivity (Wildman–Crippen MR) is 66.5 cm³/mol. The van der Waals surface area contributed by atoms with Crippen LogP contribution in [-0.2, 0) is 0 Å². The maximum atomic E-state index is 12.6.